The first-order chi connectivity index (χ1) is 14.8. The van der Waals surface area contributed by atoms with Crippen molar-refractivity contribution in [2.45, 2.75) is 31.3 Å². The van der Waals surface area contributed by atoms with Gasteiger partial charge in [-0.15, -0.1) is 0 Å². The number of ether oxygens (including phenoxy) is 1. The van der Waals surface area contributed by atoms with Crippen molar-refractivity contribution in [3.8, 4) is 16.9 Å². The van der Waals surface area contributed by atoms with E-state index in [-0.39, 0.29) is 0 Å². The molecule has 0 aliphatic rings. The van der Waals surface area contributed by atoms with E-state index in [1.165, 1.54) is 11.8 Å². The van der Waals surface area contributed by atoms with Gasteiger partial charge in [-0.05, 0) is 65.1 Å². The van der Waals surface area contributed by atoms with Gasteiger partial charge in [0.25, 0.3) is 0 Å². The molecule has 0 atom stereocenters. The predicted molar refractivity (Wildman–Crippen MR) is 125 cm³/mol. The third-order valence-electron chi connectivity index (χ3n) is 5.30. The van der Waals surface area contributed by atoms with Crippen LogP contribution in [-0.4, -0.2) is 19.7 Å². The van der Waals surface area contributed by atoms with Crippen molar-refractivity contribution < 1.29 is 13.2 Å². The van der Waals surface area contributed by atoms with Gasteiger partial charge in [-0.2, -0.15) is 0 Å². The molecule has 0 fully saturated rings. The van der Waals surface area contributed by atoms with Crippen LogP contribution in [0, 0.1) is 0 Å². The molecule has 0 spiro atoms. The van der Waals surface area contributed by atoms with Gasteiger partial charge in [0.05, 0.1) is 10.4 Å². The number of rotatable bonds is 6. The standard InChI is InChI=1S/C26H25NO3S/c1-18(2)22-14-21-7-5-13-27-26(21)25(16-22)20-6-4-8-23(15-20)30-17-19-9-11-24(12-10-19)31(3,28)29/h4-16,18H,17H2,1-3H3. The molecule has 31 heavy (non-hydrogen) atoms. The zero-order chi connectivity index (χ0) is 22.0. The van der Waals surface area contributed by atoms with Crippen molar-refractivity contribution in [1.82, 2.24) is 4.98 Å². The van der Waals surface area contributed by atoms with E-state index in [2.05, 4.69) is 43.1 Å². The molecule has 0 amide bonds. The molecule has 1 heterocycles. The van der Waals surface area contributed by atoms with Crippen LogP contribution in [0.25, 0.3) is 22.0 Å². The number of hydrogen-bond acceptors (Lipinski definition) is 4. The molecule has 3 aromatic carbocycles. The highest BCUT2D eigenvalue weighted by molar-refractivity contribution is 7.90. The minimum atomic E-state index is -3.20. The summed E-state index contributed by atoms with van der Waals surface area (Å²) in [7, 11) is -3.20. The molecule has 0 aliphatic heterocycles. The summed E-state index contributed by atoms with van der Waals surface area (Å²) in [6.07, 6.45) is 3.03. The Morgan fingerprint density at radius 2 is 1.71 bits per heavy atom. The fourth-order valence-corrected chi connectivity index (χ4v) is 4.15. The molecular formula is C26H25NO3S. The largest absolute Gasteiger partial charge is 0.489 e. The average molecular weight is 432 g/mol. The van der Waals surface area contributed by atoms with Gasteiger partial charge in [0, 0.05) is 23.4 Å². The van der Waals surface area contributed by atoms with Crippen molar-refractivity contribution in [3.63, 3.8) is 0 Å². The highest BCUT2D eigenvalue weighted by atomic mass is 32.2. The molecular weight excluding hydrogens is 406 g/mol. The summed E-state index contributed by atoms with van der Waals surface area (Å²) in [5.74, 6) is 1.17. The van der Waals surface area contributed by atoms with Crippen molar-refractivity contribution in [2.24, 2.45) is 0 Å². The Morgan fingerprint density at radius 1 is 0.935 bits per heavy atom. The Labute approximate surface area is 183 Å². The van der Waals surface area contributed by atoms with Crippen LogP contribution in [-0.2, 0) is 16.4 Å². The molecule has 0 saturated carbocycles. The predicted octanol–water partition coefficient (Wildman–Crippen LogP) is 6.01. The second-order valence-corrected chi connectivity index (χ2v) is 10.0. The lowest BCUT2D eigenvalue weighted by atomic mass is 9.94. The van der Waals surface area contributed by atoms with Gasteiger partial charge in [0.15, 0.2) is 9.84 Å². The van der Waals surface area contributed by atoms with Crippen LogP contribution in [0.2, 0.25) is 0 Å². The van der Waals surface area contributed by atoms with Crippen LogP contribution in [0.3, 0.4) is 0 Å². The lowest BCUT2D eigenvalue weighted by Gasteiger charge is -2.13. The normalized spacial score (nSPS) is 11.7. The number of aromatic nitrogens is 1. The minimum absolute atomic E-state index is 0.308. The summed E-state index contributed by atoms with van der Waals surface area (Å²) in [5, 5.41) is 1.13. The molecule has 0 unspecified atom stereocenters. The molecule has 4 rings (SSSR count). The first-order valence-corrected chi connectivity index (χ1v) is 12.1. The summed E-state index contributed by atoms with van der Waals surface area (Å²) in [4.78, 5) is 4.93. The molecule has 4 nitrogen and oxygen atoms in total. The topological polar surface area (TPSA) is 56.3 Å². The first-order valence-electron chi connectivity index (χ1n) is 10.2. The fourth-order valence-electron chi connectivity index (χ4n) is 3.52. The van der Waals surface area contributed by atoms with E-state index in [1.54, 1.807) is 24.3 Å². The van der Waals surface area contributed by atoms with Gasteiger partial charge in [-0.25, -0.2) is 8.42 Å². The van der Waals surface area contributed by atoms with Gasteiger partial charge >= 0.3 is 0 Å². The Bertz CT molecular complexity index is 1330. The van der Waals surface area contributed by atoms with Gasteiger partial charge in [-0.3, -0.25) is 4.98 Å². The highest BCUT2D eigenvalue weighted by Gasteiger charge is 2.11. The first kappa shape index (κ1) is 21.1. The van der Waals surface area contributed by atoms with Crippen LogP contribution in [0.1, 0.15) is 30.9 Å². The molecule has 0 aliphatic carbocycles. The number of hydrogen-bond donors (Lipinski definition) is 0. The maximum atomic E-state index is 11.6. The Balaban J connectivity index is 1.62. The molecule has 4 aromatic rings. The molecule has 0 radical (unpaired) electrons. The SMILES string of the molecule is CC(C)c1cc(-c2cccc(OCc3ccc(S(C)(=O)=O)cc3)c2)c2ncccc2c1. The Hall–Kier alpha value is -3.18. The van der Waals surface area contributed by atoms with E-state index in [0.717, 1.165) is 33.3 Å². The Kier molecular flexibility index (Phi) is 5.79. The van der Waals surface area contributed by atoms with E-state index in [1.807, 2.05) is 30.5 Å². The van der Waals surface area contributed by atoms with E-state index < -0.39 is 9.84 Å². The average Bonchev–Trinajstić information content (AvgIpc) is 2.76. The van der Waals surface area contributed by atoms with Crippen molar-refractivity contribution >= 4 is 20.7 Å². The van der Waals surface area contributed by atoms with E-state index in [9.17, 15) is 8.42 Å². The number of nitrogens with zero attached hydrogens (tertiary/aromatic N) is 1. The quantitative estimate of drug-likeness (QED) is 0.375. The summed E-state index contributed by atoms with van der Waals surface area (Å²) >= 11 is 0. The van der Waals surface area contributed by atoms with Gasteiger partial charge < -0.3 is 4.74 Å². The maximum absolute atomic E-state index is 11.6. The summed E-state index contributed by atoms with van der Waals surface area (Å²) in [6.45, 7) is 4.74. The monoisotopic (exact) mass is 431 g/mol. The third kappa shape index (κ3) is 4.78. The number of pyridine rings is 1. The zero-order valence-electron chi connectivity index (χ0n) is 17.9. The van der Waals surface area contributed by atoms with Gasteiger partial charge in [0.2, 0.25) is 0 Å². The molecule has 0 N–H and O–H groups in total. The van der Waals surface area contributed by atoms with Crippen LogP contribution >= 0.6 is 0 Å². The highest BCUT2D eigenvalue weighted by Crippen LogP contribution is 2.33. The zero-order valence-corrected chi connectivity index (χ0v) is 18.7. The molecule has 158 valence electrons. The van der Waals surface area contributed by atoms with Crippen LogP contribution in [0.5, 0.6) is 5.75 Å². The molecule has 0 saturated heterocycles. The lowest BCUT2D eigenvalue weighted by Crippen LogP contribution is -1.99. The smallest absolute Gasteiger partial charge is 0.175 e. The van der Waals surface area contributed by atoms with Crippen LogP contribution < -0.4 is 4.74 Å². The summed E-state index contributed by atoms with van der Waals surface area (Å²) in [6, 6.07) is 23.3. The third-order valence-corrected chi connectivity index (χ3v) is 6.42. The maximum Gasteiger partial charge on any atom is 0.175 e. The minimum Gasteiger partial charge on any atom is -0.489 e. The molecule has 0 bridgehead atoms. The summed E-state index contributed by atoms with van der Waals surface area (Å²) < 4.78 is 29.2. The van der Waals surface area contributed by atoms with E-state index in [0.29, 0.717) is 17.4 Å². The molecule has 5 heteroatoms. The van der Waals surface area contributed by atoms with Gasteiger partial charge in [-0.1, -0.05) is 44.2 Å². The van der Waals surface area contributed by atoms with Crippen molar-refractivity contribution in [1.29, 1.82) is 0 Å². The summed E-state index contributed by atoms with van der Waals surface area (Å²) in [5.41, 5.74) is 5.29. The van der Waals surface area contributed by atoms with Crippen LogP contribution in [0.4, 0.5) is 0 Å². The number of sulfone groups is 1. The fraction of sp³-hybridized carbons (Fsp3) is 0.192. The second kappa shape index (κ2) is 8.52. The number of fused-ring (bicyclic) bond motifs is 1. The van der Waals surface area contributed by atoms with E-state index in [4.69, 9.17) is 4.74 Å². The second-order valence-electron chi connectivity index (χ2n) is 8.03. The van der Waals surface area contributed by atoms with Crippen molar-refractivity contribution in [3.05, 3.63) is 90.1 Å². The van der Waals surface area contributed by atoms with E-state index >= 15 is 0 Å². The molecule has 1 aromatic heterocycles. The number of benzene rings is 3. The van der Waals surface area contributed by atoms with Gasteiger partial charge in [0.1, 0.15) is 12.4 Å². The Morgan fingerprint density at radius 3 is 2.42 bits per heavy atom. The lowest BCUT2D eigenvalue weighted by molar-refractivity contribution is 0.306. The van der Waals surface area contributed by atoms with Crippen LogP contribution in [0.15, 0.2) is 83.9 Å². The van der Waals surface area contributed by atoms with Crippen molar-refractivity contribution in [2.75, 3.05) is 6.26 Å².